The second kappa shape index (κ2) is 4.76. The molecule has 1 heterocycles. The maximum atomic E-state index is 11.4. The number of nitrogens with zero attached hydrogens (tertiary/aromatic N) is 1. The van der Waals surface area contributed by atoms with Crippen LogP contribution in [0.25, 0.3) is 10.9 Å². The lowest BCUT2D eigenvalue weighted by Crippen LogP contribution is -2.14. The average molecular weight is 282 g/mol. The number of fused-ring (bicyclic) bond motifs is 1. The number of rotatable bonds is 3. The summed E-state index contributed by atoms with van der Waals surface area (Å²) in [5.74, 6) is 0. The Morgan fingerprint density at radius 3 is 3.00 bits per heavy atom. The van der Waals surface area contributed by atoms with E-state index in [-0.39, 0.29) is 5.69 Å². The Balaban J connectivity index is 2.63. The van der Waals surface area contributed by atoms with Gasteiger partial charge in [-0.25, -0.2) is 4.79 Å². The van der Waals surface area contributed by atoms with Gasteiger partial charge in [0.25, 0.3) is 0 Å². The number of halogens is 1. The molecule has 5 heteroatoms. The van der Waals surface area contributed by atoms with Crippen molar-refractivity contribution in [2.75, 3.05) is 6.54 Å². The first kappa shape index (κ1) is 11.3. The van der Waals surface area contributed by atoms with Gasteiger partial charge in [-0.15, -0.1) is 0 Å². The second-order valence-electron chi connectivity index (χ2n) is 3.55. The van der Waals surface area contributed by atoms with Crippen molar-refractivity contribution in [1.29, 1.82) is 0 Å². The quantitative estimate of drug-likeness (QED) is 0.897. The number of benzene rings is 1. The lowest BCUT2D eigenvalue weighted by Gasteiger charge is -2.05. The number of hydrogen-bond donors (Lipinski definition) is 2. The van der Waals surface area contributed by atoms with E-state index in [9.17, 15) is 4.79 Å². The molecule has 3 N–H and O–H groups in total. The highest BCUT2D eigenvalue weighted by atomic mass is 79.9. The van der Waals surface area contributed by atoms with Crippen molar-refractivity contribution in [2.45, 2.75) is 12.8 Å². The Hall–Kier alpha value is -1.20. The highest BCUT2D eigenvalue weighted by molar-refractivity contribution is 9.10. The summed E-state index contributed by atoms with van der Waals surface area (Å²) in [7, 11) is 0. The number of nitrogens with two attached hydrogens (primary N) is 1. The van der Waals surface area contributed by atoms with Gasteiger partial charge < -0.3 is 10.7 Å². The molecule has 2 rings (SSSR count). The van der Waals surface area contributed by atoms with Crippen molar-refractivity contribution in [3.8, 4) is 0 Å². The number of para-hydroxylation sites is 1. The molecule has 0 spiro atoms. The molecule has 1 aromatic heterocycles. The monoisotopic (exact) mass is 281 g/mol. The van der Waals surface area contributed by atoms with Crippen molar-refractivity contribution in [1.82, 2.24) is 9.97 Å². The Morgan fingerprint density at radius 1 is 1.44 bits per heavy atom. The molecule has 1 aromatic carbocycles. The zero-order valence-electron chi connectivity index (χ0n) is 8.66. The van der Waals surface area contributed by atoms with E-state index in [1.807, 2.05) is 18.2 Å². The van der Waals surface area contributed by atoms with Crippen LogP contribution < -0.4 is 11.4 Å². The van der Waals surface area contributed by atoms with Crippen LogP contribution in [0.3, 0.4) is 0 Å². The van der Waals surface area contributed by atoms with Gasteiger partial charge in [-0.1, -0.05) is 12.1 Å². The van der Waals surface area contributed by atoms with Crippen LogP contribution in [0.15, 0.2) is 27.5 Å². The van der Waals surface area contributed by atoms with Crippen molar-refractivity contribution in [2.24, 2.45) is 5.73 Å². The normalized spacial score (nSPS) is 10.9. The number of hydrogen-bond acceptors (Lipinski definition) is 3. The maximum absolute atomic E-state index is 11.4. The number of H-pyrrole nitrogens is 1. The first-order valence-corrected chi connectivity index (χ1v) is 5.89. The van der Waals surface area contributed by atoms with E-state index >= 15 is 0 Å². The number of aromatic nitrogens is 2. The van der Waals surface area contributed by atoms with Gasteiger partial charge in [0.15, 0.2) is 0 Å². The summed E-state index contributed by atoms with van der Waals surface area (Å²) in [6.07, 6.45) is 1.61. The summed E-state index contributed by atoms with van der Waals surface area (Å²) in [4.78, 5) is 18.1. The fourth-order valence-corrected chi connectivity index (χ4v) is 2.13. The largest absolute Gasteiger partial charge is 0.345 e. The molecule has 4 nitrogen and oxygen atoms in total. The Kier molecular flexibility index (Phi) is 3.36. The predicted molar refractivity (Wildman–Crippen MR) is 67.4 cm³/mol. The van der Waals surface area contributed by atoms with E-state index in [0.29, 0.717) is 12.1 Å². The Morgan fingerprint density at radius 2 is 2.25 bits per heavy atom. The van der Waals surface area contributed by atoms with E-state index in [4.69, 9.17) is 5.73 Å². The lowest BCUT2D eigenvalue weighted by atomic mass is 10.1. The van der Waals surface area contributed by atoms with Crippen molar-refractivity contribution in [3.05, 3.63) is 38.9 Å². The maximum Gasteiger partial charge on any atom is 0.345 e. The van der Waals surface area contributed by atoms with Gasteiger partial charge in [0.1, 0.15) is 0 Å². The fourth-order valence-electron chi connectivity index (χ4n) is 1.67. The summed E-state index contributed by atoms with van der Waals surface area (Å²) in [6, 6.07) is 5.76. The molecule has 2 aromatic rings. The average Bonchev–Trinajstić information content (AvgIpc) is 2.27. The molecule has 0 saturated heterocycles. The molecule has 84 valence electrons. The minimum absolute atomic E-state index is 0.313. The van der Waals surface area contributed by atoms with Crippen molar-refractivity contribution < 1.29 is 0 Å². The van der Waals surface area contributed by atoms with E-state index in [2.05, 4.69) is 25.9 Å². The third-order valence-corrected chi connectivity index (χ3v) is 3.05. The van der Waals surface area contributed by atoms with Crippen LogP contribution in [-0.2, 0) is 6.42 Å². The SMILES string of the molecule is NCCCc1[nH]c(=O)nc2c(Br)cccc12. The van der Waals surface area contributed by atoms with E-state index in [1.54, 1.807) is 0 Å². The molecule has 0 aliphatic heterocycles. The van der Waals surface area contributed by atoms with Crippen molar-refractivity contribution >= 4 is 26.8 Å². The van der Waals surface area contributed by atoms with E-state index in [0.717, 1.165) is 28.4 Å². The minimum atomic E-state index is -0.313. The van der Waals surface area contributed by atoms with Gasteiger partial charge >= 0.3 is 5.69 Å². The van der Waals surface area contributed by atoms with Crippen LogP contribution in [0.4, 0.5) is 0 Å². The zero-order valence-corrected chi connectivity index (χ0v) is 10.3. The standard InChI is InChI=1S/C11H12BrN3O/c12-8-4-1-3-7-9(5-2-6-13)14-11(16)15-10(7)8/h1,3-4H,2,5-6,13H2,(H,14,15,16). The van der Waals surface area contributed by atoms with Crippen molar-refractivity contribution in [3.63, 3.8) is 0 Å². The first-order chi connectivity index (χ1) is 7.72. The minimum Gasteiger partial charge on any atom is -0.330 e. The van der Waals surface area contributed by atoms with E-state index in [1.165, 1.54) is 0 Å². The van der Waals surface area contributed by atoms with Gasteiger partial charge in [0.05, 0.1) is 5.52 Å². The molecular formula is C11H12BrN3O. The van der Waals surface area contributed by atoms with Crippen LogP contribution >= 0.6 is 15.9 Å². The molecule has 0 saturated carbocycles. The molecule has 0 bridgehead atoms. The molecule has 0 atom stereocenters. The number of nitrogens with one attached hydrogen (secondary N) is 1. The molecule has 0 aliphatic rings. The molecular weight excluding hydrogens is 270 g/mol. The predicted octanol–water partition coefficient (Wildman–Crippen LogP) is 1.58. The van der Waals surface area contributed by atoms with Crippen LogP contribution in [0.2, 0.25) is 0 Å². The zero-order chi connectivity index (χ0) is 11.5. The first-order valence-electron chi connectivity index (χ1n) is 5.10. The fraction of sp³-hybridized carbons (Fsp3) is 0.273. The lowest BCUT2D eigenvalue weighted by molar-refractivity contribution is 0.808. The molecule has 16 heavy (non-hydrogen) atoms. The van der Waals surface area contributed by atoms with Gasteiger partial charge in [-0.05, 0) is 41.4 Å². The summed E-state index contributed by atoms with van der Waals surface area (Å²) in [5, 5.41) is 0.974. The van der Waals surface area contributed by atoms with Crippen LogP contribution in [-0.4, -0.2) is 16.5 Å². The van der Waals surface area contributed by atoms with Gasteiger partial charge in [-0.3, -0.25) is 0 Å². The topological polar surface area (TPSA) is 71.8 Å². The highest BCUT2D eigenvalue weighted by Crippen LogP contribution is 2.22. The number of aryl methyl sites for hydroxylation is 1. The summed E-state index contributed by atoms with van der Waals surface area (Å²) >= 11 is 3.39. The molecule has 0 aliphatic carbocycles. The Labute approximate surface area is 101 Å². The molecule has 0 unspecified atom stereocenters. The smallest absolute Gasteiger partial charge is 0.330 e. The van der Waals surface area contributed by atoms with Gasteiger partial charge in [-0.2, -0.15) is 4.98 Å². The second-order valence-corrected chi connectivity index (χ2v) is 4.40. The van der Waals surface area contributed by atoms with Crippen LogP contribution in [0.1, 0.15) is 12.1 Å². The van der Waals surface area contributed by atoms with Gasteiger partial charge in [0.2, 0.25) is 0 Å². The molecule has 0 fully saturated rings. The third kappa shape index (κ3) is 2.15. The van der Waals surface area contributed by atoms with E-state index < -0.39 is 0 Å². The van der Waals surface area contributed by atoms with Crippen LogP contribution in [0, 0.1) is 0 Å². The van der Waals surface area contributed by atoms with Gasteiger partial charge in [0, 0.05) is 15.6 Å². The highest BCUT2D eigenvalue weighted by Gasteiger charge is 2.06. The molecule has 0 radical (unpaired) electrons. The van der Waals surface area contributed by atoms with Crippen LogP contribution in [0.5, 0.6) is 0 Å². The third-order valence-electron chi connectivity index (χ3n) is 2.41. The summed E-state index contributed by atoms with van der Waals surface area (Å²) < 4.78 is 0.838. The summed E-state index contributed by atoms with van der Waals surface area (Å²) in [6.45, 7) is 0.611. The number of aromatic amines is 1. The molecule has 0 amide bonds. The Bertz CT molecular complexity index is 565. The summed E-state index contributed by atoms with van der Waals surface area (Å²) in [5.41, 5.74) is 6.77.